The maximum Gasteiger partial charge on any atom is 0.300 e. The highest BCUT2D eigenvalue weighted by atomic mass is 16.5. The number of nitrogens with zero attached hydrogens (tertiary/aromatic N) is 2. The molecular weight excluding hydrogens is 292 g/mol. The van der Waals surface area contributed by atoms with Crippen molar-refractivity contribution in [2.45, 2.75) is 38.8 Å². The molecule has 0 saturated carbocycles. The lowest BCUT2D eigenvalue weighted by atomic mass is 9.87. The summed E-state index contributed by atoms with van der Waals surface area (Å²) >= 11 is 0. The zero-order chi connectivity index (χ0) is 16.4. The van der Waals surface area contributed by atoms with E-state index in [9.17, 15) is 4.79 Å². The predicted molar refractivity (Wildman–Crippen MR) is 87.8 cm³/mol. The van der Waals surface area contributed by atoms with Gasteiger partial charge in [0.15, 0.2) is 0 Å². The molecule has 1 aliphatic heterocycles. The SMILES string of the molecule is CC(C)(C)c1ccc(COCC2COc3nc(=O)ccn32)cc1. The Morgan fingerprint density at radius 1 is 1.26 bits per heavy atom. The van der Waals surface area contributed by atoms with Gasteiger partial charge in [0.05, 0.1) is 19.3 Å². The molecule has 0 radical (unpaired) electrons. The Kier molecular flexibility index (Phi) is 4.22. The maximum absolute atomic E-state index is 11.2. The summed E-state index contributed by atoms with van der Waals surface area (Å²) in [6.07, 6.45) is 1.71. The molecule has 2 aromatic rings. The summed E-state index contributed by atoms with van der Waals surface area (Å²) in [4.78, 5) is 15.0. The van der Waals surface area contributed by atoms with Crippen molar-refractivity contribution in [2.24, 2.45) is 0 Å². The lowest BCUT2D eigenvalue weighted by molar-refractivity contribution is 0.0880. The smallest absolute Gasteiger partial charge is 0.300 e. The molecule has 1 aliphatic rings. The van der Waals surface area contributed by atoms with Gasteiger partial charge >= 0.3 is 0 Å². The van der Waals surface area contributed by atoms with Gasteiger partial charge in [-0.15, -0.1) is 0 Å². The molecule has 0 aliphatic carbocycles. The van der Waals surface area contributed by atoms with E-state index < -0.39 is 0 Å². The molecule has 2 heterocycles. The van der Waals surface area contributed by atoms with Gasteiger partial charge in [-0.25, -0.2) is 0 Å². The largest absolute Gasteiger partial charge is 0.462 e. The molecule has 0 N–H and O–H groups in total. The van der Waals surface area contributed by atoms with E-state index in [2.05, 4.69) is 50.0 Å². The van der Waals surface area contributed by atoms with Gasteiger partial charge in [-0.2, -0.15) is 4.98 Å². The van der Waals surface area contributed by atoms with E-state index in [4.69, 9.17) is 9.47 Å². The van der Waals surface area contributed by atoms with Crippen LogP contribution in [0.25, 0.3) is 0 Å². The second-order valence-electron chi connectivity index (χ2n) is 6.88. The highest BCUT2D eigenvalue weighted by Crippen LogP contribution is 2.24. The fourth-order valence-corrected chi connectivity index (χ4v) is 2.58. The Labute approximate surface area is 135 Å². The topological polar surface area (TPSA) is 53.4 Å². The van der Waals surface area contributed by atoms with Crippen molar-refractivity contribution in [1.29, 1.82) is 0 Å². The van der Waals surface area contributed by atoms with Crippen molar-refractivity contribution >= 4 is 0 Å². The Balaban J connectivity index is 1.56. The molecule has 0 saturated heterocycles. The van der Waals surface area contributed by atoms with E-state index in [-0.39, 0.29) is 17.0 Å². The Morgan fingerprint density at radius 2 is 2.00 bits per heavy atom. The molecule has 122 valence electrons. The summed E-state index contributed by atoms with van der Waals surface area (Å²) < 4.78 is 13.1. The molecule has 0 amide bonds. The first-order valence-electron chi connectivity index (χ1n) is 7.82. The Morgan fingerprint density at radius 3 is 2.70 bits per heavy atom. The number of aromatic nitrogens is 2. The third-order valence-corrected chi connectivity index (χ3v) is 4.00. The molecule has 5 nitrogen and oxygen atoms in total. The van der Waals surface area contributed by atoms with E-state index in [0.29, 0.717) is 25.8 Å². The summed E-state index contributed by atoms with van der Waals surface area (Å²) in [5, 5.41) is 0. The highest BCUT2D eigenvalue weighted by molar-refractivity contribution is 5.27. The van der Waals surface area contributed by atoms with Gasteiger partial charge in [0.25, 0.3) is 11.6 Å². The number of benzene rings is 1. The normalized spacial score (nSPS) is 16.9. The molecule has 3 rings (SSSR count). The van der Waals surface area contributed by atoms with Crippen molar-refractivity contribution < 1.29 is 9.47 Å². The van der Waals surface area contributed by atoms with Gasteiger partial charge in [-0.3, -0.25) is 9.36 Å². The van der Waals surface area contributed by atoms with Crippen LogP contribution in [0.3, 0.4) is 0 Å². The molecule has 5 heteroatoms. The van der Waals surface area contributed by atoms with Crippen LogP contribution in [-0.4, -0.2) is 22.8 Å². The van der Waals surface area contributed by atoms with Crippen LogP contribution in [0.2, 0.25) is 0 Å². The highest BCUT2D eigenvalue weighted by Gasteiger charge is 2.23. The van der Waals surface area contributed by atoms with Crippen LogP contribution in [-0.2, 0) is 16.8 Å². The number of rotatable bonds is 4. The number of ether oxygens (including phenoxy) is 2. The number of fused-ring (bicyclic) bond motifs is 1. The van der Waals surface area contributed by atoms with Crippen molar-refractivity contribution in [3.63, 3.8) is 0 Å². The zero-order valence-electron chi connectivity index (χ0n) is 13.8. The van der Waals surface area contributed by atoms with Gasteiger partial charge in [0, 0.05) is 12.3 Å². The summed E-state index contributed by atoms with van der Waals surface area (Å²) in [6.45, 7) is 8.18. The third-order valence-electron chi connectivity index (χ3n) is 4.00. The van der Waals surface area contributed by atoms with Crippen LogP contribution in [0.15, 0.2) is 41.3 Å². The quantitative estimate of drug-likeness (QED) is 0.870. The number of hydrogen-bond acceptors (Lipinski definition) is 4. The second kappa shape index (κ2) is 6.16. The molecule has 0 spiro atoms. The van der Waals surface area contributed by atoms with Crippen molar-refractivity contribution in [3.8, 4) is 6.01 Å². The maximum atomic E-state index is 11.2. The lowest BCUT2D eigenvalue weighted by Crippen LogP contribution is -2.16. The molecular formula is C18H22N2O3. The Bertz CT molecular complexity index is 729. The van der Waals surface area contributed by atoms with Crippen molar-refractivity contribution in [1.82, 2.24) is 9.55 Å². The van der Waals surface area contributed by atoms with E-state index in [1.807, 2.05) is 4.57 Å². The van der Waals surface area contributed by atoms with Gasteiger partial charge in [0.2, 0.25) is 0 Å². The first-order valence-corrected chi connectivity index (χ1v) is 7.82. The van der Waals surface area contributed by atoms with E-state index >= 15 is 0 Å². The summed E-state index contributed by atoms with van der Waals surface area (Å²) in [5.41, 5.74) is 2.34. The zero-order valence-corrected chi connectivity index (χ0v) is 13.8. The fraction of sp³-hybridized carbons (Fsp3) is 0.444. The van der Waals surface area contributed by atoms with Gasteiger partial charge in [-0.05, 0) is 16.5 Å². The van der Waals surface area contributed by atoms with Crippen LogP contribution in [0.5, 0.6) is 6.01 Å². The van der Waals surface area contributed by atoms with E-state index in [0.717, 1.165) is 5.56 Å². The molecule has 1 aromatic carbocycles. The molecule has 0 bridgehead atoms. The summed E-state index contributed by atoms with van der Waals surface area (Å²) in [6, 6.07) is 10.4. The first kappa shape index (κ1) is 15.7. The minimum absolute atomic E-state index is 0.0620. The average molecular weight is 314 g/mol. The second-order valence-corrected chi connectivity index (χ2v) is 6.88. The van der Waals surface area contributed by atoms with Crippen LogP contribution in [0.4, 0.5) is 0 Å². The Hall–Kier alpha value is -2.14. The molecule has 1 unspecified atom stereocenters. The third kappa shape index (κ3) is 3.62. The van der Waals surface area contributed by atoms with Crippen LogP contribution >= 0.6 is 0 Å². The van der Waals surface area contributed by atoms with Crippen LogP contribution < -0.4 is 10.3 Å². The van der Waals surface area contributed by atoms with Gasteiger partial charge in [0.1, 0.15) is 6.61 Å². The first-order chi connectivity index (χ1) is 10.9. The van der Waals surface area contributed by atoms with E-state index in [1.165, 1.54) is 11.6 Å². The number of hydrogen-bond donors (Lipinski definition) is 0. The minimum atomic E-state index is -0.281. The molecule has 1 atom stereocenters. The van der Waals surface area contributed by atoms with Crippen molar-refractivity contribution in [2.75, 3.05) is 13.2 Å². The van der Waals surface area contributed by atoms with Gasteiger partial charge in [-0.1, -0.05) is 45.0 Å². The van der Waals surface area contributed by atoms with E-state index in [1.54, 1.807) is 6.20 Å². The summed E-state index contributed by atoms with van der Waals surface area (Å²) in [5.74, 6) is 0. The molecule has 1 aromatic heterocycles. The predicted octanol–water partition coefficient (Wildman–Crippen LogP) is 2.69. The van der Waals surface area contributed by atoms with Gasteiger partial charge < -0.3 is 9.47 Å². The molecule has 23 heavy (non-hydrogen) atoms. The van der Waals surface area contributed by atoms with Crippen LogP contribution in [0, 0.1) is 0 Å². The monoisotopic (exact) mass is 314 g/mol. The van der Waals surface area contributed by atoms with Crippen LogP contribution in [0.1, 0.15) is 37.9 Å². The van der Waals surface area contributed by atoms with Crippen molar-refractivity contribution in [3.05, 3.63) is 58.0 Å². The standard InChI is InChI=1S/C18H22N2O3/c1-18(2,3)14-6-4-13(5-7-14)10-22-11-15-12-23-17-19-16(21)8-9-20(15)17/h4-9,15H,10-12H2,1-3H3. The summed E-state index contributed by atoms with van der Waals surface area (Å²) in [7, 11) is 0. The average Bonchev–Trinajstić information content (AvgIpc) is 2.89. The molecule has 0 fully saturated rings. The fourth-order valence-electron chi connectivity index (χ4n) is 2.58. The minimum Gasteiger partial charge on any atom is -0.462 e. The lowest BCUT2D eigenvalue weighted by Gasteiger charge is -2.19.